The van der Waals surface area contributed by atoms with Crippen molar-refractivity contribution in [3.8, 4) is 11.5 Å². The van der Waals surface area contributed by atoms with Crippen LogP contribution in [0, 0.1) is 0 Å². The van der Waals surface area contributed by atoms with Crippen LogP contribution in [-0.4, -0.2) is 44.3 Å². The third-order valence-corrected chi connectivity index (χ3v) is 2.42. The highest BCUT2D eigenvalue weighted by Crippen LogP contribution is 2.13. The molecule has 19 heavy (non-hydrogen) atoms. The Morgan fingerprint density at radius 2 is 2.16 bits per heavy atom. The van der Waals surface area contributed by atoms with Crippen LogP contribution in [0.3, 0.4) is 0 Å². The fraction of sp³-hybridized carbons (Fsp3) is 0.462. The van der Waals surface area contributed by atoms with Gasteiger partial charge in [0.1, 0.15) is 5.69 Å². The Hall–Kier alpha value is -1.79. The van der Waals surface area contributed by atoms with E-state index in [1.54, 1.807) is 20.0 Å². The van der Waals surface area contributed by atoms with E-state index in [1.165, 1.54) is 0 Å². The predicted molar refractivity (Wildman–Crippen MR) is 70.2 cm³/mol. The van der Waals surface area contributed by atoms with Crippen LogP contribution in [0.5, 0.6) is 0 Å². The molecular formula is C13H18N4O2. The Morgan fingerprint density at radius 1 is 1.37 bits per heavy atom. The average Bonchev–Trinajstić information content (AvgIpc) is 2.76. The molecule has 0 unspecified atom stereocenters. The molecule has 0 spiro atoms. The van der Waals surface area contributed by atoms with Crippen LogP contribution in [0.2, 0.25) is 0 Å². The van der Waals surface area contributed by atoms with E-state index >= 15 is 0 Å². The van der Waals surface area contributed by atoms with Gasteiger partial charge in [-0.25, -0.2) is 0 Å². The van der Waals surface area contributed by atoms with Gasteiger partial charge in [0.2, 0.25) is 11.7 Å². The van der Waals surface area contributed by atoms with Gasteiger partial charge in [0, 0.05) is 12.7 Å². The monoisotopic (exact) mass is 262 g/mol. The first-order valence-corrected chi connectivity index (χ1v) is 6.09. The molecule has 2 aromatic heterocycles. The topological polar surface area (TPSA) is 75.3 Å². The zero-order chi connectivity index (χ0) is 13.9. The highest BCUT2D eigenvalue weighted by atomic mass is 16.5. The van der Waals surface area contributed by atoms with Crippen LogP contribution in [0.1, 0.15) is 19.7 Å². The second-order valence-electron chi connectivity index (χ2n) is 5.21. The van der Waals surface area contributed by atoms with Crippen molar-refractivity contribution in [1.29, 1.82) is 0 Å². The van der Waals surface area contributed by atoms with Crippen molar-refractivity contribution in [1.82, 2.24) is 20.0 Å². The second-order valence-corrected chi connectivity index (χ2v) is 5.21. The van der Waals surface area contributed by atoms with E-state index in [-0.39, 0.29) is 0 Å². The number of nitrogens with zero attached hydrogens (tertiary/aromatic N) is 4. The van der Waals surface area contributed by atoms with Crippen LogP contribution >= 0.6 is 0 Å². The lowest BCUT2D eigenvalue weighted by atomic mass is 10.1. The smallest absolute Gasteiger partial charge is 0.241 e. The highest BCUT2D eigenvalue weighted by molar-refractivity contribution is 5.46. The molecule has 2 aromatic rings. The summed E-state index contributed by atoms with van der Waals surface area (Å²) in [6, 6.07) is 5.54. The SMILES string of the molecule is CN(Cc1nc(-c2ccccn2)no1)CC(C)(C)O. The lowest BCUT2D eigenvalue weighted by molar-refractivity contribution is 0.0397. The van der Waals surface area contributed by atoms with Crippen molar-refractivity contribution in [2.75, 3.05) is 13.6 Å². The molecule has 0 fully saturated rings. The fourth-order valence-corrected chi connectivity index (χ4v) is 1.87. The summed E-state index contributed by atoms with van der Waals surface area (Å²) in [7, 11) is 1.89. The lowest BCUT2D eigenvalue weighted by Crippen LogP contribution is -2.35. The van der Waals surface area contributed by atoms with Gasteiger partial charge in [0.15, 0.2) is 0 Å². The number of hydrogen-bond donors (Lipinski definition) is 1. The molecule has 0 aliphatic rings. The summed E-state index contributed by atoms with van der Waals surface area (Å²) >= 11 is 0. The van der Waals surface area contributed by atoms with Crippen molar-refractivity contribution in [3.05, 3.63) is 30.3 Å². The summed E-state index contributed by atoms with van der Waals surface area (Å²) in [5.74, 6) is 0.986. The first-order valence-electron chi connectivity index (χ1n) is 6.09. The Labute approximate surface area is 112 Å². The molecule has 0 saturated heterocycles. The number of hydrogen-bond acceptors (Lipinski definition) is 6. The molecule has 0 amide bonds. The molecule has 0 atom stereocenters. The largest absolute Gasteiger partial charge is 0.389 e. The standard InChI is InChI=1S/C13H18N4O2/c1-13(2,18)9-17(3)8-11-15-12(16-19-11)10-6-4-5-7-14-10/h4-7,18H,8-9H2,1-3H3. The molecule has 0 aromatic carbocycles. The Bertz CT molecular complexity index is 519. The minimum absolute atomic E-state index is 0.479. The molecule has 0 radical (unpaired) electrons. The van der Waals surface area contributed by atoms with Gasteiger partial charge in [-0.05, 0) is 33.0 Å². The van der Waals surface area contributed by atoms with Crippen molar-refractivity contribution in [2.45, 2.75) is 26.0 Å². The van der Waals surface area contributed by atoms with Crippen LogP contribution in [0.4, 0.5) is 0 Å². The van der Waals surface area contributed by atoms with E-state index in [4.69, 9.17) is 4.52 Å². The highest BCUT2D eigenvalue weighted by Gasteiger charge is 2.18. The Kier molecular flexibility index (Phi) is 3.92. The molecule has 1 N–H and O–H groups in total. The van der Waals surface area contributed by atoms with Crippen LogP contribution in [-0.2, 0) is 6.54 Å². The first kappa shape index (κ1) is 13.6. The van der Waals surface area contributed by atoms with E-state index in [1.807, 2.05) is 30.1 Å². The summed E-state index contributed by atoms with van der Waals surface area (Å²) in [6.07, 6.45) is 1.69. The minimum atomic E-state index is -0.751. The lowest BCUT2D eigenvalue weighted by Gasteiger charge is -2.23. The van der Waals surface area contributed by atoms with Gasteiger partial charge in [-0.1, -0.05) is 11.2 Å². The molecule has 2 rings (SSSR count). The molecule has 6 heteroatoms. The zero-order valence-electron chi connectivity index (χ0n) is 11.4. The van der Waals surface area contributed by atoms with Gasteiger partial charge in [0.25, 0.3) is 0 Å². The van der Waals surface area contributed by atoms with Gasteiger partial charge in [0.05, 0.1) is 12.1 Å². The fourth-order valence-electron chi connectivity index (χ4n) is 1.87. The van der Waals surface area contributed by atoms with Crippen molar-refractivity contribution in [2.24, 2.45) is 0 Å². The number of aliphatic hydroxyl groups is 1. The van der Waals surface area contributed by atoms with E-state index in [0.29, 0.717) is 30.5 Å². The van der Waals surface area contributed by atoms with Gasteiger partial charge < -0.3 is 9.63 Å². The summed E-state index contributed by atoms with van der Waals surface area (Å²) in [4.78, 5) is 10.4. The number of rotatable bonds is 5. The maximum absolute atomic E-state index is 9.73. The first-order chi connectivity index (χ1) is 8.94. The van der Waals surface area contributed by atoms with Gasteiger partial charge in [-0.2, -0.15) is 4.98 Å². The van der Waals surface area contributed by atoms with E-state index < -0.39 is 5.60 Å². The summed E-state index contributed by atoms with van der Waals surface area (Å²) in [5.41, 5.74) is -0.0684. The summed E-state index contributed by atoms with van der Waals surface area (Å²) in [5, 5.41) is 13.6. The van der Waals surface area contributed by atoms with Gasteiger partial charge in [-0.3, -0.25) is 9.88 Å². The molecule has 6 nitrogen and oxygen atoms in total. The van der Waals surface area contributed by atoms with Crippen molar-refractivity contribution < 1.29 is 9.63 Å². The number of pyridine rings is 1. The maximum Gasteiger partial charge on any atom is 0.241 e. The van der Waals surface area contributed by atoms with Crippen LogP contribution in [0.15, 0.2) is 28.9 Å². The van der Waals surface area contributed by atoms with E-state index in [2.05, 4.69) is 15.1 Å². The van der Waals surface area contributed by atoms with E-state index in [0.717, 1.165) is 0 Å². The number of likely N-dealkylation sites (N-methyl/N-ethyl adjacent to an activating group) is 1. The molecule has 2 heterocycles. The Balaban J connectivity index is 2.02. The average molecular weight is 262 g/mol. The molecule has 0 bridgehead atoms. The summed E-state index contributed by atoms with van der Waals surface area (Å²) < 4.78 is 5.18. The summed E-state index contributed by atoms with van der Waals surface area (Å²) in [6.45, 7) is 4.53. The third kappa shape index (κ3) is 4.11. The molecular weight excluding hydrogens is 244 g/mol. The van der Waals surface area contributed by atoms with Crippen LogP contribution < -0.4 is 0 Å². The normalized spacial score (nSPS) is 12.1. The Morgan fingerprint density at radius 3 is 2.79 bits per heavy atom. The zero-order valence-corrected chi connectivity index (χ0v) is 11.4. The quantitative estimate of drug-likeness (QED) is 0.876. The van der Waals surface area contributed by atoms with E-state index in [9.17, 15) is 5.11 Å². The third-order valence-electron chi connectivity index (χ3n) is 2.42. The molecule has 0 aliphatic carbocycles. The molecule has 0 saturated carbocycles. The van der Waals surface area contributed by atoms with Gasteiger partial charge in [-0.15, -0.1) is 0 Å². The predicted octanol–water partition coefficient (Wildman–Crippen LogP) is 1.33. The van der Waals surface area contributed by atoms with Crippen molar-refractivity contribution in [3.63, 3.8) is 0 Å². The maximum atomic E-state index is 9.73. The molecule has 102 valence electrons. The van der Waals surface area contributed by atoms with Gasteiger partial charge >= 0.3 is 0 Å². The number of aromatic nitrogens is 3. The van der Waals surface area contributed by atoms with Crippen molar-refractivity contribution >= 4 is 0 Å². The van der Waals surface area contributed by atoms with Crippen LogP contribution in [0.25, 0.3) is 11.5 Å². The minimum Gasteiger partial charge on any atom is -0.389 e. The molecule has 0 aliphatic heterocycles. The second kappa shape index (κ2) is 5.46.